The third kappa shape index (κ3) is 4.69. The van der Waals surface area contributed by atoms with E-state index in [4.69, 9.17) is 0 Å². The van der Waals surface area contributed by atoms with Crippen molar-refractivity contribution in [3.05, 3.63) is 24.3 Å². The van der Waals surface area contributed by atoms with Gasteiger partial charge in [0, 0.05) is 24.7 Å². The first kappa shape index (κ1) is 18.6. The number of carbonyl (C=O) groups is 2. The fourth-order valence-electron chi connectivity index (χ4n) is 3.44. The Kier molecular flexibility index (Phi) is 6.03. The molecule has 8 heteroatoms. The first-order valence-corrected chi connectivity index (χ1v) is 8.91. The summed E-state index contributed by atoms with van der Waals surface area (Å²) in [6.07, 6.45) is 3.15. The van der Waals surface area contributed by atoms with E-state index < -0.39 is 6.61 Å². The molecule has 0 aromatic heterocycles. The number of likely N-dealkylation sites (tertiary alicyclic amines) is 1. The predicted molar refractivity (Wildman–Crippen MR) is 92.0 cm³/mol. The van der Waals surface area contributed by atoms with E-state index in [1.165, 1.54) is 24.3 Å². The Morgan fingerprint density at radius 1 is 1.15 bits per heavy atom. The van der Waals surface area contributed by atoms with Crippen molar-refractivity contribution in [2.45, 2.75) is 38.3 Å². The van der Waals surface area contributed by atoms with Gasteiger partial charge in [0.05, 0.1) is 6.04 Å². The minimum Gasteiger partial charge on any atom is -0.435 e. The number of hydrogen-bond acceptors (Lipinski definition) is 4. The molecule has 0 spiro atoms. The Bertz CT molecular complexity index is 625. The summed E-state index contributed by atoms with van der Waals surface area (Å²) in [6, 6.07) is 5.75. The molecule has 6 nitrogen and oxygen atoms in total. The summed E-state index contributed by atoms with van der Waals surface area (Å²) in [6.45, 7) is -0.828. The summed E-state index contributed by atoms with van der Waals surface area (Å²) in [5.74, 6) is -0.0903. The Morgan fingerprint density at radius 3 is 2.42 bits per heavy atom. The lowest BCUT2D eigenvalue weighted by molar-refractivity contribution is -0.136. The lowest BCUT2D eigenvalue weighted by atomic mass is 9.95. The van der Waals surface area contributed by atoms with Crippen LogP contribution in [0.3, 0.4) is 0 Å². The Balaban J connectivity index is 1.46. The van der Waals surface area contributed by atoms with Crippen molar-refractivity contribution in [3.63, 3.8) is 0 Å². The van der Waals surface area contributed by atoms with Crippen molar-refractivity contribution in [2.24, 2.45) is 5.92 Å². The number of carbonyl (C=O) groups excluding carboxylic acids is 2. The molecule has 2 N–H and O–H groups in total. The highest BCUT2D eigenvalue weighted by molar-refractivity contribution is 5.93. The van der Waals surface area contributed by atoms with Gasteiger partial charge in [0.2, 0.25) is 11.8 Å². The van der Waals surface area contributed by atoms with Crippen LogP contribution in [0.15, 0.2) is 24.3 Å². The summed E-state index contributed by atoms with van der Waals surface area (Å²) in [4.78, 5) is 26.6. The van der Waals surface area contributed by atoms with Crippen LogP contribution in [0.1, 0.15) is 25.7 Å². The minimum atomic E-state index is -2.87. The number of benzene rings is 1. The second-order valence-electron chi connectivity index (χ2n) is 6.64. The largest absolute Gasteiger partial charge is 0.435 e. The van der Waals surface area contributed by atoms with Crippen LogP contribution in [0.5, 0.6) is 5.75 Å². The number of anilines is 1. The Labute approximate surface area is 150 Å². The van der Waals surface area contributed by atoms with Crippen molar-refractivity contribution in [1.82, 2.24) is 10.2 Å². The molecule has 142 valence electrons. The first-order valence-electron chi connectivity index (χ1n) is 8.91. The summed E-state index contributed by atoms with van der Waals surface area (Å²) in [7, 11) is 0. The number of amides is 2. The van der Waals surface area contributed by atoms with Gasteiger partial charge in [-0.1, -0.05) is 0 Å². The Hall–Kier alpha value is -2.22. The average Bonchev–Trinajstić information content (AvgIpc) is 3.17. The fraction of sp³-hybridized carbons (Fsp3) is 0.556. The van der Waals surface area contributed by atoms with Gasteiger partial charge in [-0.3, -0.25) is 9.59 Å². The zero-order valence-electron chi connectivity index (χ0n) is 14.4. The number of alkyl halides is 2. The molecule has 26 heavy (non-hydrogen) atoms. The number of hydrogen-bond donors (Lipinski definition) is 2. The molecule has 0 bridgehead atoms. The van der Waals surface area contributed by atoms with Gasteiger partial charge in [0.25, 0.3) is 0 Å². The van der Waals surface area contributed by atoms with E-state index in [0.29, 0.717) is 31.6 Å². The van der Waals surface area contributed by atoms with Crippen molar-refractivity contribution in [2.75, 3.05) is 25.0 Å². The van der Waals surface area contributed by atoms with Crippen LogP contribution >= 0.6 is 0 Å². The highest BCUT2D eigenvalue weighted by atomic mass is 19.3. The molecule has 2 saturated heterocycles. The SMILES string of the molecule is O=C(Nc1ccc(OC(F)F)cc1)C1CCN(C(=O)[C@H]2CCCN2)CC1. The Morgan fingerprint density at radius 2 is 1.85 bits per heavy atom. The van der Waals surface area contributed by atoms with E-state index >= 15 is 0 Å². The number of rotatable bonds is 5. The monoisotopic (exact) mass is 367 g/mol. The molecule has 2 amide bonds. The lowest BCUT2D eigenvalue weighted by Crippen LogP contribution is -2.48. The van der Waals surface area contributed by atoms with Crippen molar-refractivity contribution in [1.29, 1.82) is 0 Å². The minimum absolute atomic E-state index is 0.0466. The summed E-state index contributed by atoms with van der Waals surface area (Å²) in [5.41, 5.74) is 0.533. The second-order valence-corrected chi connectivity index (χ2v) is 6.64. The van der Waals surface area contributed by atoms with Gasteiger partial charge in [-0.05, 0) is 56.5 Å². The van der Waals surface area contributed by atoms with Crippen LogP contribution in [0.2, 0.25) is 0 Å². The third-order valence-electron chi connectivity index (χ3n) is 4.88. The highest BCUT2D eigenvalue weighted by Gasteiger charge is 2.31. The van der Waals surface area contributed by atoms with E-state index in [2.05, 4.69) is 15.4 Å². The molecular weight excluding hydrogens is 344 g/mol. The molecule has 3 rings (SSSR count). The van der Waals surface area contributed by atoms with E-state index in [0.717, 1.165) is 19.4 Å². The van der Waals surface area contributed by atoms with Crippen LogP contribution in [0, 0.1) is 5.92 Å². The average molecular weight is 367 g/mol. The van der Waals surface area contributed by atoms with Gasteiger partial charge in [0.1, 0.15) is 5.75 Å². The van der Waals surface area contributed by atoms with Gasteiger partial charge in [-0.2, -0.15) is 8.78 Å². The maximum Gasteiger partial charge on any atom is 0.387 e. The quantitative estimate of drug-likeness (QED) is 0.837. The molecule has 1 atom stereocenters. The molecule has 0 aliphatic carbocycles. The normalized spacial score (nSPS) is 21.0. The van der Waals surface area contributed by atoms with Crippen LogP contribution in [0.4, 0.5) is 14.5 Å². The van der Waals surface area contributed by atoms with Crippen LogP contribution < -0.4 is 15.4 Å². The van der Waals surface area contributed by atoms with Gasteiger partial charge >= 0.3 is 6.61 Å². The fourth-order valence-corrected chi connectivity index (χ4v) is 3.44. The molecular formula is C18H23F2N3O3. The van der Waals surface area contributed by atoms with E-state index in [9.17, 15) is 18.4 Å². The zero-order valence-corrected chi connectivity index (χ0v) is 14.4. The molecule has 2 fully saturated rings. The molecule has 0 radical (unpaired) electrons. The summed E-state index contributed by atoms with van der Waals surface area (Å²) in [5, 5.41) is 6.00. The zero-order chi connectivity index (χ0) is 18.5. The number of halogens is 2. The maximum absolute atomic E-state index is 12.4. The third-order valence-corrected chi connectivity index (χ3v) is 4.88. The topological polar surface area (TPSA) is 70.7 Å². The van der Waals surface area contributed by atoms with Crippen molar-refractivity contribution < 1.29 is 23.1 Å². The number of piperidine rings is 1. The van der Waals surface area contributed by atoms with Gasteiger partial charge in [0.15, 0.2) is 0 Å². The lowest BCUT2D eigenvalue weighted by Gasteiger charge is -2.33. The molecule has 2 aliphatic rings. The predicted octanol–water partition coefficient (Wildman–Crippen LogP) is 2.22. The highest BCUT2D eigenvalue weighted by Crippen LogP contribution is 2.22. The van der Waals surface area contributed by atoms with Gasteiger partial charge in [-0.25, -0.2) is 0 Å². The van der Waals surface area contributed by atoms with Crippen LogP contribution in [0.25, 0.3) is 0 Å². The standard InChI is InChI=1S/C18H23F2N3O3/c19-18(20)26-14-5-3-13(4-6-14)22-16(24)12-7-10-23(11-8-12)17(25)15-2-1-9-21-15/h3-6,12,15,18,21H,1-2,7-11H2,(H,22,24)/t15-/m1/s1. The molecule has 0 saturated carbocycles. The molecule has 1 aromatic carbocycles. The summed E-state index contributed by atoms with van der Waals surface area (Å²) < 4.78 is 28.6. The van der Waals surface area contributed by atoms with Crippen LogP contribution in [-0.2, 0) is 9.59 Å². The number of nitrogens with one attached hydrogen (secondary N) is 2. The van der Waals surface area contributed by atoms with E-state index in [-0.39, 0.29) is 29.5 Å². The number of nitrogens with zero attached hydrogens (tertiary/aromatic N) is 1. The van der Waals surface area contributed by atoms with Crippen molar-refractivity contribution >= 4 is 17.5 Å². The van der Waals surface area contributed by atoms with Crippen molar-refractivity contribution in [3.8, 4) is 5.75 Å². The molecule has 0 unspecified atom stereocenters. The van der Waals surface area contributed by atoms with E-state index in [1.807, 2.05) is 4.90 Å². The maximum atomic E-state index is 12.4. The van der Waals surface area contributed by atoms with Gasteiger partial charge < -0.3 is 20.3 Å². The first-order chi connectivity index (χ1) is 12.5. The molecule has 2 aliphatic heterocycles. The van der Waals surface area contributed by atoms with E-state index in [1.54, 1.807) is 0 Å². The molecule has 2 heterocycles. The second kappa shape index (κ2) is 8.44. The number of ether oxygens (including phenoxy) is 1. The summed E-state index contributed by atoms with van der Waals surface area (Å²) >= 11 is 0. The smallest absolute Gasteiger partial charge is 0.387 e. The van der Waals surface area contributed by atoms with Gasteiger partial charge in [-0.15, -0.1) is 0 Å². The molecule has 1 aromatic rings. The van der Waals surface area contributed by atoms with Crippen LogP contribution in [-0.4, -0.2) is 49.0 Å².